The first kappa shape index (κ1) is 10.5. The second-order valence-corrected chi connectivity index (χ2v) is 3.87. The van der Waals surface area contributed by atoms with Crippen LogP contribution in [0, 0.1) is 0 Å². The predicted octanol–water partition coefficient (Wildman–Crippen LogP) is 3.00. The van der Waals surface area contributed by atoms with Crippen LogP contribution in [0.2, 0.25) is 0 Å². The van der Waals surface area contributed by atoms with Gasteiger partial charge in [-0.2, -0.15) is 0 Å². The summed E-state index contributed by atoms with van der Waals surface area (Å²) in [5.41, 5.74) is 7.17. The number of hydrogen-bond acceptors (Lipinski definition) is 4. The van der Waals surface area contributed by atoms with E-state index >= 15 is 0 Å². The van der Waals surface area contributed by atoms with Crippen LogP contribution in [-0.4, -0.2) is 9.97 Å². The van der Waals surface area contributed by atoms with Crippen LogP contribution in [-0.2, 0) is 0 Å². The van der Waals surface area contributed by atoms with Crippen molar-refractivity contribution in [3.8, 4) is 11.6 Å². The molecule has 2 aromatic carbocycles. The summed E-state index contributed by atoms with van der Waals surface area (Å²) in [4.78, 5) is 8.33. The van der Waals surface area contributed by atoms with Gasteiger partial charge in [0, 0.05) is 5.69 Å². The molecule has 0 amide bonds. The Bertz CT molecular complexity index is 683. The lowest BCUT2D eigenvalue weighted by Crippen LogP contribution is -1.92. The van der Waals surface area contributed by atoms with Gasteiger partial charge in [0.2, 0.25) is 5.88 Å². The first-order valence-electron chi connectivity index (χ1n) is 5.56. The number of fused-ring (bicyclic) bond motifs is 1. The Morgan fingerprint density at radius 2 is 1.78 bits per heavy atom. The van der Waals surface area contributed by atoms with E-state index in [-0.39, 0.29) is 0 Å². The maximum Gasteiger partial charge on any atom is 0.230 e. The van der Waals surface area contributed by atoms with E-state index in [1.54, 1.807) is 6.07 Å². The molecule has 3 rings (SSSR count). The summed E-state index contributed by atoms with van der Waals surface area (Å²) in [6.45, 7) is 0. The van der Waals surface area contributed by atoms with E-state index in [1.807, 2.05) is 42.5 Å². The van der Waals surface area contributed by atoms with Crippen molar-refractivity contribution in [1.82, 2.24) is 9.97 Å². The Balaban J connectivity index is 2.07. The molecule has 0 aliphatic rings. The molecule has 0 saturated heterocycles. The average molecular weight is 237 g/mol. The lowest BCUT2D eigenvalue weighted by molar-refractivity contribution is 0.468. The highest BCUT2D eigenvalue weighted by Crippen LogP contribution is 2.27. The summed E-state index contributed by atoms with van der Waals surface area (Å²) >= 11 is 0. The molecule has 0 fully saturated rings. The fourth-order valence-corrected chi connectivity index (χ4v) is 1.73. The number of hydrogen-bond donors (Lipinski definition) is 1. The largest absolute Gasteiger partial charge is 0.438 e. The van der Waals surface area contributed by atoms with Crippen molar-refractivity contribution >= 4 is 16.6 Å². The van der Waals surface area contributed by atoms with Crippen molar-refractivity contribution in [2.75, 3.05) is 5.73 Å². The SMILES string of the molecule is Nc1ccc2c(Oc3ccccc3)ncnc2c1. The topological polar surface area (TPSA) is 61.0 Å². The molecule has 0 spiro atoms. The molecule has 4 heteroatoms. The lowest BCUT2D eigenvalue weighted by Gasteiger charge is -2.07. The van der Waals surface area contributed by atoms with E-state index in [2.05, 4.69) is 9.97 Å². The molecule has 1 aromatic heterocycles. The maximum atomic E-state index is 5.74. The molecule has 0 aliphatic heterocycles. The van der Waals surface area contributed by atoms with Crippen LogP contribution in [0.5, 0.6) is 11.6 Å². The predicted molar refractivity (Wildman–Crippen MR) is 70.5 cm³/mol. The second-order valence-electron chi connectivity index (χ2n) is 3.87. The number of nitrogens with zero attached hydrogens (tertiary/aromatic N) is 2. The third-order valence-electron chi connectivity index (χ3n) is 2.58. The van der Waals surface area contributed by atoms with Gasteiger partial charge >= 0.3 is 0 Å². The summed E-state index contributed by atoms with van der Waals surface area (Å²) in [5, 5.41) is 0.843. The highest BCUT2D eigenvalue weighted by Gasteiger charge is 2.05. The smallest absolute Gasteiger partial charge is 0.230 e. The van der Waals surface area contributed by atoms with Crippen LogP contribution in [0.3, 0.4) is 0 Å². The molecule has 0 atom stereocenters. The van der Waals surface area contributed by atoms with Crippen LogP contribution in [0.15, 0.2) is 54.9 Å². The van der Waals surface area contributed by atoms with Crippen LogP contribution in [0.1, 0.15) is 0 Å². The van der Waals surface area contributed by atoms with Crippen LogP contribution >= 0.6 is 0 Å². The Morgan fingerprint density at radius 1 is 0.944 bits per heavy atom. The van der Waals surface area contributed by atoms with Crippen molar-refractivity contribution in [3.05, 3.63) is 54.9 Å². The number of ether oxygens (including phenoxy) is 1. The summed E-state index contributed by atoms with van der Waals surface area (Å²) in [7, 11) is 0. The molecule has 4 nitrogen and oxygen atoms in total. The standard InChI is InChI=1S/C14H11N3O/c15-10-6-7-12-13(8-10)16-9-17-14(12)18-11-4-2-1-3-5-11/h1-9H,15H2. The minimum atomic E-state index is 0.534. The quantitative estimate of drug-likeness (QED) is 0.696. The summed E-state index contributed by atoms with van der Waals surface area (Å²) < 4.78 is 5.74. The lowest BCUT2D eigenvalue weighted by atomic mass is 10.2. The molecule has 18 heavy (non-hydrogen) atoms. The number of nitrogen functional groups attached to an aromatic ring is 1. The van der Waals surface area contributed by atoms with Gasteiger partial charge in [-0.25, -0.2) is 9.97 Å². The van der Waals surface area contributed by atoms with Crippen molar-refractivity contribution in [2.24, 2.45) is 0 Å². The van der Waals surface area contributed by atoms with Gasteiger partial charge in [0.15, 0.2) is 0 Å². The van der Waals surface area contributed by atoms with E-state index in [0.29, 0.717) is 11.6 Å². The average Bonchev–Trinajstić information content (AvgIpc) is 2.40. The summed E-state index contributed by atoms with van der Waals surface area (Å²) in [6, 6.07) is 15.0. The van der Waals surface area contributed by atoms with Gasteiger partial charge in [0.1, 0.15) is 12.1 Å². The molecule has 88 valence electrons. The highest BCUT2D eigenvalue weighted by atomic mass is 16.5. The molecule has 0 aliphatic carbocycles. The fraction of sp³-hybridized carbons (Fsp3) is 0. The molecule has 2 N–H and O–H groups in total. The number of benzene rings is 2. The van der Waals surface area contributed by atoms with Crippen molar-refractivity contribution in [3.63, 3.8) is 0 Å². The minimum Gasteiger partial charge on any atom is -0.438 e. The van der Waals surface area contributed by atoms with E-state index in [4.69, 9.17) is 10.5 Å². The molecule has 3 aromatic rings. The molecule has 0 unspecified atom stereocenters. The number of para-hydroxylation sites is 1. The summed E-state index contributed by atoms with van der Waals surface area (Å²) in [6.07, 6.45) is 1.47. The number of rotatable bonds is 2. The van der Waals surface area contributed by atoms with Crippen molar-refractivity contribution < 1.29 is 4.74 Å². The minimum absolute atomic E-state index is 0.534. The van der Waals surface area contributed by atoms with Gasteiger partial charge in [-0.15, -0.1) is 0 Å². The van der Waals surface area contributed by atoms with E-state index in [9.17, 15) is 0 Å². The summed E-state index contributed by atoms with van der Waals surface area (Å²) in [5.74, 6) is 1.28. The van der Waals surface area contributed by atoms with Gasteiger partial charge in [0.25, 0.3) is 0 Å². The number of anilines is 1. The van der Waals surface area contributed by atoms with Gasteiger partial charge in [-0.3, -0.25) is 0 Å². The Labute approximate surface area is 104 Å². The monoisotopic (exact) mass is 237 g/mol. The first-order valence-corrected chi connectivity index (χ1v) is 5.56. The second kappa shape index (κ2) is 4.33. The third-order valence-corrected chi connectivity index (χ3v) is 2.58. The van der Waals surface area contributed by atoms with E-state index in [0.717, 1.165) is 16.7 Å². The zero-order valence-electron chi connectivity index (χ0n) is 9.58. The van der Waals surface area contributed by atoms with Crippen LogP contribution in [0.4, 0.5) is 5.69 Å². The Hall–Kier alpha value is -2.62. The zero-order chi connectivity index (χ0) is 12.4. The van der Waals surface area contributed by atoms with Crippen molar-refractivity contribution in [2.45, 2.75) is 0 Å². The molecular formula is C14H11N3O. The highest BCUT2D eigenvalue weighted by molar-refractivity contribution is 5.85. The molecular weight excluding hydrogens is 226 g/mol. The Morgan fingerprint density at radius 3 is 2.61 bits per heavy atom. The van der Waals surface area contributed by atoms with E-state index in [1.165, 1.54) is 6.33 Å². The van der Waals surface area contributed by atoms with Crippen molar-refractivity contribution in [1.29, 1.82) is 0 Å². The van der Waals surface area contributed by atoms with Gasteiger partial charge in [-0.05, 0) is 30.3 Å². The molecule has 0 radical (unpaired) electrons. The molecule has 0 saturated carbocycles. The molecule has 0 bridgehead atoms. The maximum absolute atomic E-state index is 5.74. The van der Waals surface area contributed by atoms with Crippen LogP contribution < -0.4 is 10.5 Å². The van der Waals surface area contributed by atoms with Gasteiger partial charge in [0.05, 0.1) is 10.9 Å². The fourth-order valence-electron chi connectivity index (χ4n) is 1.73. The third kappa shape index (κ3) is 1.96. The number of aromatic nitrogens is 2. The van der Waals surface area contributed by atoms with Gasteiger partial charge < -0.3 is 10.5 Å². The van der Waals surface area contributed by atoms with Crippen LogP contribution in [0.25, 0.3) is 10.9 Å². The molecule has 1 heterocycles. The first-order chi connectivity index (χ1) is 8.83. The normalized spacial score (nSPS) is 10.4. The van der Waals surface area contributed by atoms with Gasteiger partial charge in [-0.1, -0.05) is 18.2 Å². The Kier molecular flexibility index (Phi) is 2.53. The zero-order valence-corrected chi connectivity index (χ0v) is 9.58. The number of nitrogens with two attached hydrogens (primary N) is 1. The van der Waals surface area contributed by atoms with E-state index < -0.39 is 0 Å².